The smallest absolute Gasteiger partial charge is 0.462 e. The normalized spacial score (nSPS) is 18.6. The molecule has 1 heterocycles. The molecule has 1 rings (SSSR count). The highest BCUT2D eigenvalue weighted by atomic mass is 31.2. The highest BCUT2D eigenvalue weighted by Gasteiger charge is 2.51. The molecule has 15 nitrogen and oxygen atoms in total. The van der Waals surface area contributed by atoms with E-state index in [9.17, 15) is 43.7 Å². The molecule has 448 valence electrons. The van der Waals surface area contributed by atoms with Crippen LogP contribution in [-0.2, 0) is 47.2 Å². The van der Waals surface area contributed by atoms with Crippen LogP contribution >= 0.6 is 7.82 Å². The number of aliphatic hydroxyl groups excluding tert-OH is 2. The van der Waals surface area contributed by atoms with Gasteiger partial charge in [-0.05, 0) is 38.5 Å². The average Bonchev–Trinajstić information content (AvgIpc) is 3.37. The Balaban J connectivity index is 3.17. The summed E-state index contributed by atoms with van der Waals surface area (Å²) < 4.78 is 40.7. The molecule has 0 saturated carbocycles. The van der Waals surface area contributed by atoms with Crippen molar-refractivity contribution < 1.29 is 67.2 Å². The highest BCUT2D eigenvalue weighted by molar-refractivity contribution is 7.46. The maximum atomic E-state index is 14.0. The number of carbonyl (C=O) groups excluding carboxylic acids is 4. The Morgan fingerprint density at radius 1 is 0.474 bits per heavy atom. The van der Waals surface area contributed by atoms with Gasteiger partial charge in [-0.15, -0.1) is 0 Å². The molecule has 76 heavy (non-hydrogen) atoms. The topological polar surface area (TPSA) is 224 Å². The van der Waals surface area contributed by atoms with E-state index in [0.717, 1.165) is 89.9 Å². The lowest BCUT2D eigenvalue weighted by Crippen LogP contribution is -2.65. The van der Waals surface area contributed by atoms with Crippen molar-refractivity contribution in [1.29, 1.82) is 0 Å². The van der Waals surface area contributed by atoms with Gasteiger partial charge >= 0.3 is 25.7 Å². The van der Waals surface area contributed by atoms with Gasteiger partial charge in [-0.3, -0.25) is 23.7 Å². The molecule has 5 N–H and O–H groups in total. The van der Waals surface area contributed by atoms with Crippen LogP contribution in [0.4, 0.5) is 0 Å². The van der Waals surface area contributed by atoms with Crippen molar-refractivity contribution in [1.82, 2.24) is 5.32 Å². The molecule has 0 aromatic heterocycles. The van der Waals surface area contributed by atoms with Gasteiger partial charge in [0.2, 0.25) is 5.91 Å². The highest BCUT2D eigenvalue weighted by Crippen LogP contribution is 2.42. The van der Waals surface area contributed by atoms with E-state index in [1.807, 2.05) is 0 Å². The number of unbranched alkanes of at least 4 members (excludes halogenated alkanes) is 34. The Labute approximate surface area is 462 Å². The number of phosphoric ester groups is 1. The van der Waals surface area contributed by atoms with Crippen molar-refractivity contribution in [2.45, 2.75) is 353 Å². The molecule has 1 amide bonds. The van der Waals surface area contributed by atoms with Crippen LogP contribution in [-0.4, -0.2) is 93.3 Å². The van der Waals surface area contributed by atoms with Gasteiger partial charge < -0.3 is 44.3 Å². The third-order valence-electron chi connectivity index (χ3n) is 14.8. The predicted octanol–water partition coefficient (Wildman–Crippen LogP) is 14.6. The van der Waals surface area contributed by atoms with E-state index in [0.29, 0.717) is 38.5 Å². The molecular formula is C60H114NO14P. The zero-order chi connectivity index (χ0) is 55.9. The zero-order valence-corrected chi connectivity index (χ0v) is 49.6. The van der Waals surface area contributed by atoms with E-state index >= 15 is 0 Å². The maximum Gasteiger partial charge on any atom is 0.470 e. The van der Waals surface area contributed by atoms with Gasteiger partial charge in [-0.1, -0.05) is 246 Å². The molecule has 0 aliphatic carbocycles. The Bertz CT molecular complexity index is 1470. The third kappa shape index (κ3) is 40.1. The Hall–Kier alpha value is -2.13. The van der Waals surface area contributed by atoms with E-state index < -0.39 is 87.5 Å². The number of hydrogen-bond donors (Lipinski definition) is 5. The molecule has 0 radical (unpaired) electrons. The van der Waals surface area contributed by atoms with Gasteiger partial charge in [0.05, 0.1) is 19.4 Å². The Morgan fingerprint density at radius 2 is 0.803 bits per heavy atom. The van der Waals surface area contributed by atoms with Gasteiger partial charge in [-0.2, -0.15) is 0 Å². The van der Waals surface area contributed by atoms with Crippen molar-refractivity contribution in [3.63, 3.8) is 0 Å². The van der Waals surface area contributed by atoms with E-state index in [4.69, 9.17) is 23.5 Å². The molecule has 0 bridgehead atoms. The van der Waals surface area contributed by atoms with Crippen molar-refractivity contribution in [3.8, 4) is 0 Å². The molecule has 1 saturated heterocycles. The quantitative estimate of drug-likeness (QED) is 0.0165. The zero-order valence-electron chi connectivity index (χ0n) is 48.7. The summed E-state index contributed by atoms with van der Waals surface area (Å²) in [5.41, 5.74) is 0. The second kappa shape index (κ2) is 48.7. The van der Waals surface area contributed by atoms with Gasteiger partial charge in [0, 0.05) is 12.8 Å². The number of ether oxygens (including phenoxy) is 4. The molecule has 0 aromatic carbocycles. The van der Waals surface area contributed by atoms with Crippen LogP contribution in [0.3, 0.4) is 0 Å². The van der Waals surface area contributed by atoms with Crippen molar-refractivity contribution in [2.75, 3.05) is 6.61 Å². The number of phosphoric acid groups is 1. The first-order valence-electron chi connectivity index (χ1n) is 31.3. The molecule has 1 fully saturated rings. The second-order valence-electron chi connectivity index (χ2n) is 22.1. The first-order chi connectivity index (χ1) is 36.8. The van der Waals surface area contributed by atoms with Crippen LogP contribution in [0, 0.1) is 0 Å². The van der Waals surface area contributed by atoms with Crippen LogP contribution in [0.5, 0.6) is 0 Å². The fourth-order valence-electron chi connectivity index (χ4n) is 10.3. The molecule has 0 spiro atoms. The molecule has 0 unspecified atom stereocenters. The van der Waals surface area contributed by atoms with E-state index in [-0.39, 0.29) is 19.3 Å². The lowest BCUT2D eigenvalue weighted by atomic mass is 9.96. The molecule has 7 atom stereocenters. The standard InChI is InChI=1S/C60H114NO14P/c1-5-9-13-17-21-25-26-30-34-38-42-46-55(65)72-51(44-40-36-32-28-23-19-15-11-7-3)48-56(66)74-59-57(60(67)73-52(49-62)58(59)75-76(68,69)70)61-53(63)47-50(43-39-35-31-27-22-18-14-10-6-2)71-54(64)45-41-37-33-29-24-20-16-12-8-4/h50-52,57-60,62,67H,5-49H2,1-4H3,(H,61,63)(H2,68,69,70)/t50-,51-,52-,57-,58-,59-,60+/m1/s1. The number of carbonyl (C=O) groups is 4. The van der Waals surface area contributed by atoms with Gasteiger partial charge in [0.1, 0.15) is 30.5 Å². The largest absolute Gasteiger partial charge is 0.470 e. The minimum atomic E-state index is -5.35. The second-order valence-corrected chi connectivity index (χ2v) is 23.3. The fraction of sp³-hybridized carbons (Fsp3) is 0.933. The van der Waals surface area contributed by atoms with Gasteiger partial charge in [-0.25, -0.2) is 4.57 Å². The third-order valence-corrected chi connectivity index (χ3v) is 15.3. The Morgan fingerprint density at radius 3 is 1.14 bits per heavy atom. The Kier molecular flexibility index (Phi) is 46.1. The van der Waals surface area contributed by atoms with Crippen molar-refractivity contribution in [2.24, 2.45) is 0 Å². The van der Waals surface area contributed by atoms with Gasteiger partial charge in [0.15, 0.2) is 12.4 Å². The summed E-state index contributed by atoms with van der Waals surface area (Å²) in [6.45, 7) is 7.92. The number of amides is 1. The summed E-state index contributed by atoms with van der Waals surface area (Å²) in [5, 5.41) is 24.2. The summed E-state index contributed by atoms with van der Waals surface area (Å²) in [6.07, 6.45) is 33.5. The number of aliphatic hydroxyl groups is 2. The molecule has 1 aliphatic rings. The minimum absolute atomic E-state index is 0.200. The minimum Gasteiger partial charge on any atom is -0.462 e. The van der Waals surface area contributed by atoms with Gasteiger partial charge in [0.25, 0.3) is 0 Å². The number of esters is 3. The molecular weight excluding hydrogens is 990 g/mol. The van der Waals surface area contributed by atoms with Crippen molar-refractivity contribution in [3.05, 3.63) is 0 Å². The summed E-state index contributed by atoms with van der Waals surface area (Å²) in [4.78, 5) is 74.4. The number of rotatable bonds is 53. The molecule has 16 heteroatoms. The van der Waals surface area contributed by atoms with Crippen LogP contribution in [0.25, 0.3) is 0 Å². The van der Waals surface area contributed by atoms with Crippen LogP contribution in [0.15, 0.2) is 0 Å². The van der Waals surface area contributed by atoms with E-state index in [1.54, 1.807) is 0 Å². The van der Waals surface area contributed by atoms with Crippen LogP contribution < -0.4 is 5.32 Å². The monoisotopic (exact) mass is 1100 g/mol. The van der Waals surface area contributed by atoms with Crippen LogP contribution in [0.1, 0.15) is 310 Å². The average molecular weight is 1100 g/mol. The summed E-state index contributed by atoms with van der Waals surface area (Å²) >= 11 is 0. The summed E-state index contributed by atoms with van der Waals surface area (Å²) in [5.74, 6) is -2.44. The van der Waals surface area contributed by atoms with E-state index in [2.05, 4.69) is 33.0 Å². The lowest BCUT2D eigenvalue weighted by molar-refractivity contribution is -0.256. The van der Waals surface area contributed by atoms with Crippen molar-refractivity contribution >= 4 is 31.6 Å². The molecule has 0 aromatic rings. The number of hydrogen-bond acceptors (Lipinski definition) is 12. The maximum absolute atomic E-state index is 14.0. The SMILES string of the molecule is CCCCCCCCCCCCCC(=O)O[C@H](CCCCCCCCCCC)CC(=O)O[C@@H]1[C@@H](NC(=O)C[C@@H](CCCCCCCCCCC)OC(=O)CCCCCCCCCCC)[C@@H](O)O[C@H](CO)[C@H]1OP(=O)(O)O. The predicted molar refractivity (Wildman–Crippen MR) is 302 cm³/mol. The lowest BCUT2D eigenvalue weighted by Gasteiger charge is -2.43. The summed E-state index contributed by atoms with van der Waals surface area (Å²) in [7, 11) is -5.35. The first-order valence-corrected chi connectivity index (χ1v) is 32.9. The first kappa shape index (κ1) is 71.9. The van der Waals surface area contributed by atoms with E-state index in [1.165, 1.54) is 128 Å². The van der Waals surface area contributed by atoms with Crippen LogP contribution in [0.2, 0.25) is 0 Å². The summed E-state index contributed by atoms with van der Waals surface area (Å²) in [6, 6.07) is -1.62. The fourth-order valence-corrected chi connectivity index (χ4v) is 10.8. The molecule has 1 aliphatic heterocycles. The number of nitrogens with one attached hydrogen (secondary N) is 1.